The molecule has 0 spiro atoms. The van der Waals surface area contributed by atoms with Crippen molar-refractivity contribution in [3.8, 4) is 11.6 Å². The molecule has 0 bridgehead atoms. The predicted octanol–water partition coefficient (Wildman–Crippen LogP) is 3.76. The van der Waals surface area contributed by atoms with E-state index in [4.69, 9.17) is 16.0 Å². The molecule has 27 heavy (non-hydrogen) atoms. The van der Waals surface area contributed by atoms with E-state index >= 15 is 0 Å². The van der Waals surface area contributed by atoms with Crippen molar-refractivity contribution < 1.29 is 14.1 Å². The maximum Gasteiger partial charge on any atom is 0.271 e. The molecule has 11 heteroatoms. The fourth-order valence-electron chi connectivity index (χ4n) is 2.21. The highest BCUT2D eigenvalue weighted by Crippen LogP contribution is 2.29. The highest BCUT2D eigenvalue weighted by Gasteiger charge is 2.21. The Labute approximate surface area is 162 Å². The molecule has 9 nitrogen and oxygen atoms in total. The molecule has 0 fully saturated rings. The van der Waals surface area contributed by atoms with E-state index in [9.17, 15) is 14.9 Å². The summed E-state index contributed by atoms with van der Waals surface area (Å²) in [6.07, 6.45) is 1.54. The first-order valence-electron chi connectivity index (χ1n) is 7.71. The van der Waals surface area contributed by atoms with Gasteiger partial charge in [-0.2, -0.15) is 0 Å². The van der Waals surface area contributed by atoms with Crippen LogP contribution >= 0.6 is 23.4 Å². The van der Waals surface area contributed by atoms with Crippen LogP contribution in [-0.2, 0) is 11.8 Å². The highest BCUT2D eigenvalue weighted by molar-refractivity contribution is 8.00. The van der Waals surface area contributed by atoms with Gasteiger partial charge in [0.25, 0.3) is 5.69 Å². The lowest BCUT2D eigenvalue weighted by atomic mass is 10.2. The van der Waals surface area contributed by atoms with E-state index in [1.165, 1.54) is 36.2 Å². The smallest absolute Gasteiger partial charge is 0.271 e. The molecule has 0 saturated heterocycles. The fourth-order valence-corrected chi connectivity index (χ4v) is 3.19. The van der Waals surface area contributed by atoms with Crippen LogP contribution in [0.5, 0.6) is 0 Å². The number of carbonyl (C=O) groups is 1. The van der Waals surface area contributed by atoms with Crippen molar-refractivity contribution in [1.82, 2.24) is 14.8 Å². The molecule has 1 N–H and O–H groups in total. The number of nitrogens with zero attached hydrogens (tertiary/aromatic N) is 4. The van der Waals surface area contributed by atoms with Crippen molar-refractivity contribution in [2.45, 2.75) is 17.3 Å². The topological polar surface area (TPSA) is 116 Å². The van der Waals surface area contributed by atoms with Crippen LogP contribution in [-0.4, -0.2) is 30.8 Å². The number of non-ortho nitro benzene ring substituents is 1. The van der Waals surface area contributed by atoms with E-state index in [0.29, 0.717) is 16.7 Å². The quantitative estimate of drug-likeness (QED) is 0.375. The molecule has 1 amide bonds. The van der Waals surface area contributed by atoms with Gasteiger partial charge in [0.1, 0.15) is 0 Å². The maximum absolute atomic E-state index is 12.5. The van der Waals surface area contributed by atoms with Crippen LogP contribution in [0.15, 0.2) is 46.2 Å². The number of anilines is 1. The number of nitro benzene ring substituents is 1. The van der Waals surface area contributed by atoms with Crippen LogP contribution in [0, 0.1) is 10.1 Å². The summed E-state index contributed by atoms with van der Waals surface area (Å²) < 4.78 is 7.02. The van der Waals surface area contributed by atoms with Crippen molar-refractivity contribution in [2.24, 2.45) is 7.05 Å². The summed E-state index contributed by atoms with van der Waals surface area (Å²) >= 11 is 7.21. The molecule has 140 valence electrons. The number of rotatable bonds is 6. The minimum Gasteiger partial charge on any atom is -0.461 e. The number of hydrogen-bond acceptors (Lipinski definition) is 7. The number of halogens is 1. The Morgan fingerprint density at radius 2 is 2.19 bits per heavy atom. The lowest BCUT2D eigenvalue weighted by Gasteiger charge is -2.12. The number of furan rings is 1. The summed E-state index contributed by atoms with van der Waals surface area (Å²) in [6, 6.07) is 7.36. The van der Waals surface area contributed by atoms with E-state index in [1.807, 2.05) is 0 Å². The van der Waals surface area contributed by atoms with Gasteiger partial charge in [0.2, 0.25) is 5.91 Å². The fraction of sp³-hybridized carbons (Fsp3) is 0.188. The number of amides is 1. The minimum absolute atomic E-state index is 0.161. The zero-order chi connectivity index (χ0) is 19.6. The van der Waals surface area contributed by atoms with Crippen LogP contribution in [0.4, 0.5) is 11.4 Å². The first kappa shape index (κ1) is 18.9. The van der Waals surface area contributed by atoms with Gasteiger partial charge in [0.05, 0.1) is 27.1 Å². The Morgan fingerprint density at radius 1 is 1.41 bits per heavy atom. The second-order valence-corrected chi connectivity index (χ2v) is 7.23. The number of aromatic nitrogens is 3. The second-order valence-electron chi connectivity index (χ2n) is 5.51. The Morgan fingerprint density at radius 3 is 2.85 bits per heavy atom. The number of hydrogen-bond donors (Lipinski definition) is 1. The Balaban J connectivity index is 1.72. The molecule has 0 aliphatic rings. The zero-order valence-corrected chi connectivity index (χ0v) is 15.8. The lowest BCUT2D eigenvalue weighted by Crippen LogP contribution is -2.23. The average Bonchev–Trinajstić information content (AvgIpc) is 3.27. The van der Waals surface area contributed by atoms with Crippen LogP contribution < -0.4 is 5.32 Å². The third-order valence-corrected chi connectivity index (χ3v) is 5.11. The van der Waals surface area contributed by atoms with Gasteiger partial charge in [-0.05, 0) is 25.1 Å². The number of nitrogens with one attached hydrogen (secondary N) is 1. The van der Waals surface area contributed by atoms with Gasteiger partial charge >= 0.3 is 0 Å². The number of nitro groups is 1. The molecule has 1 atom stereocenters. The highest BCUT2D eigenvalue weighted by atomic mass is 35.5. The van der Waals surface area contributed by atoms with Crippen molar-refractivity contribution in [1.29, 1.82) is 0 Å². The first-order chi connectivity index (χ1) is 12.9. The molecular weight excluding hydrogens is 394 g/mol. The van der Waals surface area contributed by atoms with Gasteiger partial charge in [0.15, 0.2) is 16.7 Å². The van der Waals surface area contributed by atoms with E-state index in [2.05, 4.69) is 15.5 Å². The van der Waals surface area contributed by atoms with Gasteiger partial charge in [-0.3, -0.25) is 14.9 Å². The normalized spacial score (nSPS) is 12.0. The van der Waals surface area contributed by atoms with Crippen LogP contribution in [0.2, 0.25) is 5.02 Å². The standard InChI is InChI=1S/C16H14ClN5O4S/c1-9(15(23)18-12-8-10(22(24)25)5-6-11(12)17)27-16-20-19-14(21(16)2)13-4-3-7-26-13/h3-9H,1-2H3,(H,18,23). The molecule has 1 aromatic carbocycles. The molecular formula is C16H14ClN5O4S. The third-order valence-electron chi connectivity index (χ3n) is 3.65. The number of carbonyl (C=O) groups excluding carboxylic acids is 1. The Bertz CT molecular complexity index is 989. The van der Waals surface area contributed by atoms with Crippen LogP contribution in [0.3, 0.4) is 0 Å². The summed E-state index contributed by atoms with van der Waals surface area (Å²) in [5, 5.41) is 21.8. The molecule has 3 rings (SSSR count). The second kappa shape index (κ2) is 7.80. The van der Waals surface area contributed by atoms with Crippen molar-refractivity contribution >= 4 is 40.6 Å². The van der Waals surface area contributed by atoms with Crippen molar-refractivity contribution in [3.05, 3.63) is 51.7 Å². The predicted molar refractivity (Wildman–Crippen MR) is 101 cm³/mol. The van der Waals surface area contributed by atoms with E-state index < -0.39 is 10.2 Å². The van der Waals surface area contributed by atoms with Crippen LogP contribution in [0.1, 0.15) is 6.92 Å². The van der Waals surface area contributed by atoms with Crippen LogP contribution in [0.25, 0.3) is 11.6 Å². The molecule has 2 heterocycles. The molecule has 0 saturated carbocycles. The number of thioether (sulfide) groups is 1. The monoisotopic (exact) mass is 407 g/mol. The summed E-state index contributed by atoms with van der Waals surface area (Å²) in [5.41, 5.74) is 0.0175. The Hall–Kier alpha value is -2.85. The SMILES string of the molecule is CC(Sc1nnc(-c2ccco2)n1C)C(=O)Nc1cc([N+](=O)[O-])ccc1Cl. The molecule has 0 aliphatic carbocycles. The van der Waals surface area contributed by atoms with Gasteiger partial charge < -0.3 is 14.3 Å². The maximum atomic E-state index is 12.5. The zero-order valence-electron chi connectivity index (χ0n) is 14.2. The average molecular weight is 408 g/mol. The summed E-state index contributed by atoms with van der Waals surface area (Å²) in [7, 11) is 1.77. The van der Waals surface area contributed by atoms with Gasteiger partial charge in [0, 0.05) is 19.2 Å². The lowest BCUT2D eigenvalue weighted by molar-refractivity contribution is -0.384. The summed E-state index contributed by atoms with van der Waals surface area (Å²) in [6.45, 7) is 1.69. The van der Waals surface area contributed by atoms with Gasteiger partial charge in [-0.15, -0.1) is 10.2 Å². The molecule has 2 aromatic heterocycles. The van der Waals surface area contributed by atoms with Crippen molar-refractivity contribution in [2.75, 3.05) is 5.32 Å². The third kappa shape index (κ3) is 4.12. The summed E-state index contributed by atoms with van der Waals surface area (Å²) in [4.78, 5) is 22.8. The largest absolute Gasteiger partial charge is 0.461 e. The molecule has 1 unspecified atom stereocenters. The van der Waals surface area contributed by atoms with E-state index in [1.54, 1.807) is 30.7 Å². The van der Waals surface area contributed by atoms with Crippen molar-refractivity contribution in [3.63, 3.8) is 0 Å². The van der Waals surface area contributed by atoms with Gasteiger partial charge in [-0.25, -0.2) is 0 Å². The molecule has 3 aromatic rings. The van der Waals surface area contributed by atoms with E-state index in [-0.39, 0.29) is 22.3 Å². The van der Waals surface area contributed by atoms with E-state index in [0.717, 1.165) is 0 Å². The number of benzene rings is 1. The summed E-state index contributed by atoms with van der Waals surface area (Å²) in [5.74, 6) is 0.735. The van der Waals surface area contributed by atoms with Gasteiger partial charge in [-0.1, -0.05) is 23.4 Å². The molecule has 0 aliphatic heterocycles. The Kier molecular flexibility index (Phi) is 5.47. The minimum atomic E-state index is -0.556. The first-order valence-corrected chi connectivity index (χ1v) is 8.97. The molecule has 0 radical (unpaired) electrons.